The van der Waals surface area contributed by atoms with Crippen molar-refractivity contribution >= 4 is 22.8 Å². The van der Waals surface area contributed by atoms with Crippen LogP contribution < -0.4 is 5.32 Å². The molecule has 0 saturated carbocycles. The second-order valence-corrected chi connectivity index (χ2v) is 3.45. The van der Waals surface area contributed by atoms with Gasteiger partial charge >= 0.3 is 0 Å². The van der Waals surface area contributed by atoms with Gasteiger partial charge in [-0.2, -0.15) is 0 Å². The Kier molecular flexibility index (Phi) is 1.48. The molecule has 15 heavy (non-hydrogen) atoms. The molecule has 0 unspecified atom stereocenters. The third-order valence-electron chi connectivity index (χ3n) is 2.47. The van der Waals surface area contributed by atoms with Crippen LogP contribution in [0.3, 0.4) is 0 Å². The standard InChI is InChI=1S/C11H7NO3/c13-9-5-8-10(11(14)12-9)6-3-1-2-4-7(6)15-8/h1-4H,5H2,(H,12,13,14). The van der Waals surface area contributed by atoms with Crippen LogP contribution in [-0.4, -0.2) is 11.8 Å². The maximum Gasteiger partial charge on any atom is 0.262 e. The van der Waals surface area contributed by atoms with Crippen molar-refractivity contribution in [1.29, 1.82) is 0 Å². The lowest BCUT2D eigenvalue weighted by Crippen LogP contribution is -2.36. The van der Waals surface area contributed by atoms with E-state index >= 15 is 0 Å². The van der Waals surface area contributed by atoms with E-state index in [1.807, 2.05) is 18.2 Å². The van der Waals surface area contributed by atoms with Crippen molar-refractivity contribution in [2.75, 3.05) is 0 Å². The predicted molar refractivity (Wildman–Crippen MR) is 52.4 cm³/mol. The van der Waals surface area contributed by atoms with E-state index in [0.717, 1.165) is 5.39 Å². The molecule has 4 heteroatoms. The summed E-state index contributed by atoms with van der Waals surface area (Å²) in [6.45, 7) is 0. The fourth-order valence-corrected chi connectivity index (χ4v) is 1.85. The molecule has 4 nitrogen and oxygen atoms in total. The van der Waals surface area contributed by atoms with Gasteiger partial charge < -0.3 is 4.42 Å². The summed E-state index contributed by atoms with van der Waals surface area (Å²) in [5, 5.41) is 3.04. The zero-order valence-electron chi connectivity index (χ0n) is 7.74. The molecule has 1 aliphatic heterocycles. The first kappa shape index (κ1) is 8.23. The van der Waals surface area contributed by atoms with Gasteiger partial charge in [-0.25, -0.2) is 0 Å². The second-order valence-electron chi connectivity index (χ2n) is 3.45. The minimum Gasteiger partial charge on any atom is -0.460 e. The summed E-state index contributed by atoms with van der Waals surface area (Å²) in [5.41, 5.74) is 1.14. The second kappa shape index (κ2) is 2.70. The molecule has 0 atom stereocenters. The summed E-state index contributed by atoms with van der Waals surface area (Å²) in [7, 11) is 0. The van der Waals surface area contributed by atoms with Crippen LogP contribution >= 0.6 is 0 Å². The number of carbonyl (C=O) groups excluding carboxylic acids is 2. The van der Waals surface area contributed by atoms with Gasteiger partial charge in [0, 0.05) is 5.39 Å². The highest BCUT2D eigenvalue weighted by molar-refractivity contribution is 6.15. The number of furan rings is 1. The molecule has 3 rings (SSSR count). The number of hydrogen-bond acceptors (Lipinski definition) is 3. The summed E-state index contributed by atoms with van der Waals surface area (Å²) >= 11 is 0. The van der Waals surface area contributed by atoms with E-state index in [1.165, 1.54) is 0 Å². The molecule has 0 fully saturated rings. The topological polar surface area (TPSA) is 59.3 Å². The molecule has 2 amide bonds. The highest BCUT2D eigenvalue weighted by Crippen LogP contribution is 2.27. The van der Waals surface area contributed by atoms with Crippen LogP contribution in [0.25, 0.3) is 11.0 Å². The van der Waals surface area contributed by atoms with Crippen molar-refractivity contribution in [3.63, 3.8) is 0 Å². The molecular formula is C11H7NO3. The molecule has 0 spiro atoms. The van der Waals surface area contributed by atoms with Crippen LogP contribution in [-0.2, 0) is 11.2 Å². The van der Waals surface area contributed by atoms with Gasteiger partial charge in [-0.15, -0.1) is 0 Å². The van der Waals surface area contributed by atoms with Gasteiger partial charge in [0.05, 0.1) is 12.0 Å². The lowest BCUT2D eigenvalue weighted by atomic mass is 10.1. The van der Waals surface area contributed by atoms with Gasteiger partial charge in [0.2, 0.25) is 5.91 Å². The normalized spacial score (nSPS) is 15.2. The maximum absolute atomic E-state index is 11.6. The Labute approximate surface area is 84.9 Å². The Morgan fingerprint density at radius 3 is 2.87 bits per heavy atom. The zero-order valence-corrected chi connectivity index (χ0v) is 7.74. The van der Waals surface area contributed by atoms with Crippen molar-refractivity contribution in [2.24, 2.45) is 0 Å². The van der Waals surface area contributed by atoms with Crippen molar-refractivity contribution in [1.82, 2.24) is 5.32 Å². The highest BCUT2D eigenvalue weighted by atomic mass is 16.3. The van der Waals surface area contributed by atoms with Crippen molar-refractivity contribution in [3.8, 4) is 0 Å². The number of amides is 2. The van der Waals surface area contributed by atoms with E-state index in [2.05, 4.69) is 5.32 Å². The van der Waals surface area contributed by atoms with Gasteiger partial charge in [-0.1, -0.05) is 18.2 Å². The Hall–Kier alpha value is -2.10. The van der Waals surface area contributed by atoms with Gasteiger partial charge in [-0.3, -0.25) is 14.9 Å². The number of para-hydroxylation sites is 1. The number of hydrogen-bond donors (Lipinski definition) is 1. The first-order valence-electron chi connectivity index (χ1n) is 4.60. The minimum absolute atomic E-state index is 0.135. The van der Waals surface area contributed by atoms with Crippen LogP contribution in [0, 0.1) is 0 Å². The van der Waals surface area contributed by atoms with E-state index in [4.69, 9.17) is 4.42 Å². The smallest absolute Gasteiger partial charge is 0.262 e. The van der Waals surface area contributed by atoms with Crippen LogP contribution in [0.1, 0.15) is 16.1 Å². The third-order valence-corrected chi connectivity index (χ3v) is 2.47. The van der Waals surface area contributed by atoms with Gasteiger partial charge in [0.1, 0.15) is 11.3 Å². The summed E-state index contributed by atoms with van der Waals surface area (Å²) in [5.74, 6) is -0.220. The van der Waals surface area contributed by atoms with Crippen molar-refractivity contribution < 1.29 is 14.0 Å². The molecule has 74 valence electrons. The van der Waals surface area contributed by atoms with E-state index in [1.54, 1.807) is 6.07 Å². The summed E-state index contributed by atoms with van der Waals surface area (Å²) in [4.78, 5) is 22.7. The molecule has 1 aromatic carbocycles. The van der Waals surface area contributed by atoms with Crippen LogP contribution in [0.5, 0.6) is 0 Å². The number of carbonyl (C=O) groups is 2. The first-order chi connectivity index (χ1) is 7.25. The molecule has 0 radical (unpaired) electrons. The van der Waals surface area contributed by atoms with E-state index in [9.17, 15) is 9.59 Å². The number of rotatable bonds is 0. The lowest BCUT2D eigenvalue weighted by Gasteiger charge is -2.09. The Balaban J connectivity index is 2.36. The molecule has 0 aliphatic carbocycles. The van der Waals surface area contributed by atoms with Crippen LogP contribution in [0.4, 0.5) is 0 Å². The fourth-order valence-electron chi connectivity index (χ4n) is 1.85. The maximum atomic E-state index is 11.6. The molecular weight excluding hydrogens is 194 g/mol. The van der Waals surface area contributed by atoms with Gasteiger partial charge in [0.15, 0.2) is 0 Å². The largest absolute Gasteiger partial charge is 0.460 e. The molecule has 1 aliphatic rings. The molecule has 0 saturated heterocycles. The monoisotopic (exact) mass is 201 g/mol. The fraction of sp³-hybridized carbons (Fsp3) is 0.0909. The zero-order chi connectivity index (χ0) is 10.4. The SMILES string of the molecule is O=C1Cc2oc3ccccc3c2C(=O)N1. The van der Waals surface area contributed by atoms with Crippen molar-refractivity contribution in [3.05, 3.63) is 35.6 Å². The highest BCUT2D eigenvalue weighted by Gasteiger charge is 2.28. The average Bonchev–Trinajstić information content (AvgIpc) is 2.54. The molecule has 1 N–H and O–H groups in total. The number of benzene rings is 1. The summed E-state index contributed by atoms with van der Waals surface area (Å²) in [6.07, 6.45) is 0.135. The molecule has 2 aromatic rings. The van der Waals surface area contributed by atoms with E-state index < -0.39 is 0 Å². The Morgan fingerprint density at radius 1 is 1.20 bits per heavy atom. The van der Waals surface area contributed by atoms with E-state index in [-0.39, 0.29) is 18.2 Å². The van der Waals surface area contributed by atoms with E-state index in [0.29, 0.717) is 16.9 Å². The summed E-state index contributed by atoms with van der Waals surface area (Å²) in [6, 6.07) is 7.26. The summed E-state index contributed by atoms with van der Waals surface area (Å²) < 4.78 is 5.45. The lowest BCUT2D eigenvalue weighted by molar-refractivity contribution is -0.120. The Morgan fingerprint density at radius 2 is 2.00 bits per heavy atom. The number of nitrogens with one attached hydrogen (secondary N) is 1. The van der Waals surface area contributed by atoms with Crippen molar-refractivity contribution in [2.45, 2.75) is 6.42 Å². The van der Waals surface area contributed by atoms with Gasteiger partial charge in [-0.05, 0) is 6.07 Å². The number of imide groups is 1. The minimum atomic E-state index is -0.369. The molecule has 2 heterocycles. The molecule has 1 aromatic heterocycles. The quantitative estimate of drug-likeness (QED) is 0.652. The first-order valence-corrected chi connectivity index (χ1v) is 4.60. The number of fused-ring (bicyclic) bond motifs is 3. The van der Waals surface area contributed by atoms with Crippen LogP contribution in [0.15, 0.2) is 28.7 Å². The third kappa shape index (κ3) is 1.08. The van der Waals surface area contributed by atoms with Gasteiger partial charge in [0.25, 0.3) is 5.91 Å². The Bertz CT molecular complexity index is 583. The predicted octanol–water partition coefficient (Wildman–Crippen LogP) is 1.25. The average molecular weight is 201 g/mol. The van der Waals surface area contributed by atoms with Crippen LogP contribution in [0.2, 0.25) is 0 Å². The molecule has 0 bridgehead atoms.